The van der Waals surface area contributed by atoms with Crippen LogP contribution < -0.4 is 9.80 Å². The first-order chi connectivity index (χ1) is 12.7. The zero-order valence-corrected chi connectivity index (χ0v) is 16.0. The minimum absolute atomic E-state index is 0.286. The number of amides is 1. The molecule has 3 fully saturated rings. The van der Waals surface area contributed by atoms with Crippen LogP contribution in [0.25, 0.3) is 0 Å². The number of piperidine rings is 1. The zero-order chi connectivity index (χ0) is 17.9. The molecule has 6 nitrogen and oxygen atoms in total. The van der Waals surface area contributed by atoms with Crippen LogP contribution in [0.15, 0.2) is 6.07 Å². The normalized spacial score (nSPS) is 22.1. The third-order valence-electron chi connectivity index (χ3n) is 6.09. The van der Waals surface area contributed by atoms with Gasteiger partial charge in [-0.3, -0.25) is 4.79 Å². The molecule has 0 atom stereocenters. The summed E-state index contributed by atoms with van der Waals surface area (Å²) >= 11 is 0. The van der Waals surface area contributed by atoms with Crippen molar-refractivity contribution in [1.82, 2.24) is 14.9 Å². The first-order valence-electron chi connectivity index (χ1n) is 10.3. The van der Waals surface area contributed by atoms with Gasteiger partial charge in [0, 0.05) is 56.9 Å². The summed E-state index contributed by atoms with van der Waals surface area (Å²) in [7, 11) is 0. The Morgan fingerprint density at radius 2 is 1.58 bits per heavy atom. The van der Waals surface area contributed by atoms with Gasteiger partial charge in [-0.05, 0) is 39.0 Å². The van der Waals surface area contributed by atoms with E-state index in [1.54, 1.807) is 0 Å². The Bertz CT molecular complexity index is 629. The second-order valence-corrected chi connectivity index (χ2v) is 8.01. The lowest BCUT2D eigenvalue weighted by Gasteiger charge is -2.37. The van der Waals surface area contributed by atoms with E-state index in [0.29, 0.717) is 5.91 Å². The van der Waals surface area contributed by atoms with Crippen molar-refractivity contribution in [3.63, 3.8) is 0 Å². The summed E-state index contributed by atoms with van der Waals surface area (Å²) in [5, 5.41) is 0. The van der Waals surface area contributed by atoms with Crippen LogP contribution in [-0.2, 0) is 4.79 Å². The third-order valence-corrected chi connectivity index (χ3v) is 6.09. The molecule has 3 aliphatic rings. The van der Waals surface area contributed by atoms with Crippen molar-refractivity contribution in [3.05, 3.63) is 11.8 Å². The Hall–Kier alpha value is -1.85. The predicted octanol–water partition coefficient (Wildman–Crippen LogP) is 2.61. The third kappa shape index (κ3) is 3.79. The van der Waals surface area contributed by atoms with Gasteiger partial charge in [-0.2, -0.15) is 4.98 Å². The van der Waals surface area contributed by atoms with Crippen LogP contribution in [-0.4, -0.2) is 60.0 Å². The van der Waals surface area contributed by atoms with E-state index in [-0.39, 0.29) is 5.92 Å². The summed E-state index contributed by atoms with van der Waals surface area (Å²) in [6, 6.07) is 2.09. The molecule has 0 N–H and O–H groups in total. The largest absolute Gasteiger partial charge is 0.353 e. The molecule has 0 radical (unpaired) electrons. The number of anilines is 2. The molecule has 1 aromatic rings. The van der Waals surface area contributed by atoms with Gasteiger partial charge in [0.15, 0.2) is 0 Å². The van der Waals surface area contributed by atoms with Gasteiger partial charge in [-0.1, -0.05) is 12.8 Å². The fourth-order valence-electron chi connectivity index (χ4n) is 4.52. The number of nitrogens with zero attached hydrogens (tertiary/aromatic N) is 5. The number of piperazine rings is 1. The SMILES string of the molecule is Cc1cc(N2CCN(C(=O)C3CCCC3)CC2)nc(N2CCCCC2)n1. The number of rotatable bonds is 3. The van der Waals surface area contributed by atoms with E-state index in [2.05, 4.69) is 32.7 Å². The van der Waals surface area contributed by atoms with Crippen LogP contribution in [0.5, 0.6) is 0 Å². The summed E-state index contributed by atoms with van der Waals surface area (Å²) in [6.45, 7) is 7.55. The van der Waals surface area contributed by atoms with Gasteiger partial charge in [0.25, 0.3) is 0 Å². The maximum atomic E-state index is 12.6. The lowest BCUT2D eigenvalue weighted by molar-refractivity contribution is -0.135. The average molecular weight is 358 g/mol. The van der Waals surface area contributed by atoms with Crippen molar-refractivity contribution in [2.45, 2.75) is 51.9 Å². The number of hydrogen-bond acceptors (Lipinski definition) is 5. The molecule has 2 aliphatic heterocycles. The first-order valence-corrected chi connectivity index (χ1v) is 10.3. The van der Waals surface area contributed by atoms with Gasteiger partial charge in [0.05, 0.1) is 0 Å². The Balaban J connectivity index is 1.40. The summed E-state index contributed by atoms with van der Waals surface area (Å²) < 4.78 is 0. The van der Waals surface area contributed by atoms with Gasteiger partial charge < -0.3 is 14.7 Å². The Labute approximate surface area is 156 Å². The molecule has 1 aliphatic carbocycles. The second-order valence-electron chi connectivity index (χ2n) is 8.01. The van der Waals surface area contributed by atoms with E-state index in [4.69, 9.17) is 4.98 Å². The standard InChI is InChI=1S/C20H31N5O/c1-16-15-18(22-20(21-16)25-9-5-2-6-10-25)23-11-13-24(14-12-23)19(26)17-7-3-4-8-17/h15,17H,2-14H2,1H3. The Morgan fingerprint density at radius 3 is 2.27 bits per heavy atom. The lowest BCUT2D eigenvalue weighted by Crippen LogP contribution is -2.50. The molecule has 0 unspecified atom stereocenters. The van der Waals surface area contributed by atoms with E-state index in [1.165, 1.54) is 32.1 Å². The van der Waals surface area contributed by atoms with Crippen LogP contribution in [0.1, 0.15) is 50.6 Å². The molecular weight excluding hydrogens is 326 g/mol. The fraction of sp³-hybridized carbons (Fsp3) is 0.750. The molecule has 26 heavy (non-hydrogen) atoms. The van der Waals surface area contributed by atoms with Gasteiger partial charge in [0.2, 0.25) is 11.9 Å². The smallest absolute Gasteiger partial charge is 0.227 e. The number of carbonyl (C=O) groups is 1. The van der Waals surface area contributed by atoms with Crippen LogP contribution in [0.3, 0.4) is 0 Å². The quantitative estimate of drug-likeness (QED) is 0.832. The number of aromatic nitrogens is 2. The van der Waals surface area contributed by atoms with Crippen molar-refractivity contribution in [2.75, 3.05) is 49.1 Å². The second kappa shape index (κ2) is 7.80. The fourth-order valence-corrected chi connectivity index (χ4v) is 4.52. The molecule has 142 valence electrons. The molecule has 2 saturated heterocycles. The number of aryl methyl sites for hydroxylation is 1. The van der Waals surface area contributed by atoms with E-state index >= 15 is 0 Å². The van der Waals surface area contributed by atoms with E-state index < -0.39 is 0 Å². The van der Waals surface area contributed by atoms with Crippen LogP contribution in [0.4, 0.5) is 11.8 Å². The number of carbonyl (C=O) groups excluding carboxylic acids is 1. The van der Waals surface area contributed by atoms with Crippen LogP contribution >= 0.6 is 0 Å². The maximum Gasteiger partial charge on any atom is 0.227 e. The first kappa shape index (κ1) is 17.6. The molecule has 4 rings (SSSR count). The molecule has 3 heterocycles. The molecule has 0 spiro atoms. The highest BCUT2D eigenvalue weighted by Gasteiger charge is 2.30. The molecule has 1 saturated carbocycles. The Kier molecular flexibility index (Phi) is 5.27. The summed E-state index contributed by atoms with van der Waals surface area (Å²) in [4.78, 5) is 28.9. The molecule has 6 heteroatoms. The molecular formula is C20H31N5O. The Morgan fingerprint density at radius 1 is 0.885 bits per heavy atom. The topological polar surface area (TPSA) is 52.6 Å². The van der Waals surface area contributed by atoms with E-state index in [1.807, 2.05) is 0 Å². The highest BCUT2D eigenvalue weighted by Crippen LogP contribution is 2.27. The van der Waals surface area contributed by atoms with Crippen molar-refractivity contribution in [1.29, 1.82) is 0 Å². The monoisotopic (exact) mass is 357 g/mol. The van der Waals surface area contributed by atoms with Crippen LogP contribution in [0, 0.1) is 12.8 Å². The van der Waals surface area contributed by atoms with Gasteiger partial charge >= 0.3 is 0 Å². The minimum Gasteiger partial charge on any atom is -0.353 e. The highest BCUT2D eigenvalue weighted by atomic mass is 16.2. The van der Waals surface area contributed by atoms with Crippen LogP contribution in [0.2, 0.25) is 0 Å². The molecule has 0 bridgehead atoms. The van der Waals surface area contributed by atoms with Gasteiger partial charge in [0.1, 0.15) is 5.82 Å². The summed E-state index contributed by atoms with van der Waals surface area (Å²) in [5.41, 5.74) is 1.03. The highest BCUT2D eigenvalue weighted by molar-refractivity contribution is 5.79. The van der Waals surface area contributed by atoms with E-state index in [9.17, 15) is 4.79 Å². The van der Waals surface area contributed by atoms with Crippen molar-refractivity contribution in [2.24, 2.45) is 5.92 Å². The lowest BCUT2D eigenvalue weighted by atomic mass is 10.1. The van der Waals surface area contributed by atoms with E-state index in [0.717, 1.165) is 69.6 Å². The van der Waals surface area contributed by atoms with Gasteiger partial charge in [-0.25, -0.2) is 4.98 Å². The molecule has 1 aromatic heterocycles. The minimum atomic E-state index is 0.286. The summed E-state index contributed by atoms with van der Waals surface area (Å²) in [5.74, 6) is 2.57. The number of hydrogen-bond donors (Lipinski definition) is 0. The predicted molar refractivity (Wildman–Crippen MR) is 104 cm³/mol. The average Bonchev–Trinajstić information content (AvgIpc) is 3.22. The van der Waals surface area contributed by atoms with Crippen molar-refractivity contribution in [3.8, 4) is 0 Å². The summed E-state index contributed by atoms with van der Waals surface area (Å²) in [6.07, 6.45) is 8.38. The van der Waals surface area contributed by atoms with Crippen molar-refractivity contribution < 1.29 is 4.79 Å². The maximum absolute atomic E-state index is 12.6. The molecule has 0 aromatic carbocycles. The zero-order valence-electron chi connectivity index (χ0n) is 16.0. The molecule has 1 amide bonds. The van der Waals surface area contributed by atoms with Crippen molar-refractivity contribution >= 4 is 17.7 Å². The van der Waals surface area contributed by atoms with Gasteiger partial charge in [-0.15, -0.1) is 0 Å².